The summed E-state index contributed by atoms with van der Waals surface area (Å²) in [7, 11) is 0. The van der Waals surface area contributed by atoms with Gasteiger partial charge in [-0.1, -0.05) is 24.3 Å². The number of benzene rings is 1. The lowest BCUT2D eigenvalue weighted by Crippen LogP contribution is -2.39. The fourth-order valence-corrected chi connectivity index (χ4v) is 2.50. The van der Waals surface area contributed by atoms with Gasteiger partial charge in [0.25, 0.3) is 0 Å². The molecule has 0 aromatic heterocycles. The minimum atomic E-state index is 0.689. The zero-order valence-corrected chi connectivity index (χ0v) is 9.73. The highest BCUT2D eigenvalue weighted by atomic mass is 15.1. The van der Waals surface area contributed by atoms with Gasteiger partial charge in [-0.05, 0) is 17.5 Å². The molecule has 2 rings (SSSR count). The van der Waals surface area contributed by atoms with E-state index < -0.39 is 0 Å². The summed E-state index contributed by atoms with van der Waals surface area (Å²) in [6, 6.07) is 8.71. The molecular formula is C13H21N3. The lowest BCUT2D eigenvalue weighted by molar-refractivity contribution is 0.260. The average molecular weight is 219 g/mol. The van der Waals surface area contributed by atoms with Crippen molar-refractivity contribution in [3.05, 3.63) is 35.4 Å². The second-order valence-corrected chi connectivity index (χ2v) is 4.48. The second kappa shape index (κ2) is 5.43. The Morgan fingerprint density at radius 3 is 2.44 bits per heavy atom. The van der Waals surface area contributed by atoms with Crippen molar-refractivity contribution in [3.63, 3.8) is 0 Å². The van der Waals surface area contributed by atoms with Crippen molar-refractivity contribution < 1.29 is 0 Å². The van der Waals surface area contributed by atoms with E-state index in [1.54, 1.807) is 0 Å². The Bertz CT molecular complexity index is 332. The van der Waals surface area contributed by atoms with Crippen LogP contribution in [0, 0.1) is 0 Å². The van der Waals surface area contributed by atoms with E-state index in [2.05, 4.69) is 29.2 Å². The molecule has 0 bridgehead atoms. The molecule has 0 radical (unpaired) electrons. The van der Waals surface area contributed by atoms with Crippen molar-refractivity contribution in [2.75, 3.05) is 32.7 Å². The van der Waals surface area contributed by atoms with E-state index in [1.165, 1.54) is 17.5 Å². The third-order valence-electron chi connectivity index (χ3n) is 3.33. The van der Waals surface area contributed by atoms with Crippen molar-refractivity contribution in [3.8, 4) is 0 Å². The van der Waals surface area contributed by atoms with Crippen LogP contribution in [0.5, 0.6) is 0 Å². The Morgan fingerprint density at radius 2 is 1.81 bits per heavy atom. The summed E-state index contributed by atoms with van der Waals surface area (Å²) in [5.41, 5.74) is 14.2. The first-order chi connectivity index (χ1) is 7.85. The molecule has 1 aromatic rings. The first-order valence-corrected chi connectivity index (χ1v) is 6.05. The van der Waals surface area contributed by atoms with Crippen LogP contribution in [0.1, 0.15) is 17.0 Å². The van der Waals surface area contributed by atoms with E-state index >= 15 is 0 Å². The van der Waals surface area contributed by atoms with Crippen LogP contribution in [0.2, 0.25) is 0 Å². The molecule has 4 N–H and O–H groups in total. The van der Waals surface area contributed by atoms with Crippen LogP contribution >= 0.6 is 0 Å². The standard InChI is InChI=1S/C13H21N3/c14-5-7-16(8-6-15)10-12-9-11-3-1-2-4-13(11)12/h1-4,12H,5-10,14-15H2. The maximum absolute atomic E-state index is 5.61. The highest BCUT2D eigenvalue weighted by Crippen LogP contribution is 2.35. The van der Waals surface area contributed by atoms with Crippen molar-refractivity contribution in [2.45, 2.75) is 12.3 Å². The first kappa shape index (κ1) is 11.6. The van der Waals surface area contributed by atoms with Gasteiger partial charge >= 0.3 is 0 Å². The summed E-state index contributed by atoms with van der Waals surface area (Å²) >= 11 is 0. The van der Waals surface area contributed by atoms with Crippen molar-refractivity contribution in [1.82, 2.24) is 4.90 Å². The van der Waals surface area contributed by atoms with Crippen molar-refractivity contribution in [1.29, 1.82) is 0 Å². The van der Waals surface area contributed by atoms with Gasteiger partial charge in [0, 0.05) is 38.6 Å². The summed E-state index contributed by atoms with van der Waals surface area (Å²) < 4.78 is 0. The lowest BCUT2D eigenvalue weighted by atomic mass is 9.77. The van der Waals surface area contributed by atoms with Crippen LogP contribution in [0.3, 0.4) is 0 Å². The van der Waals surface area contributed by atoms with Crippen LogP contribution in [0.15, 0.2) is 24.3 Å². The third kappa shape index (κ3) is 2.43. The van der Waals surface area contributed by atoms with E-state index in [9.17, 15) is 0 Å². The molecule has 1 aliphatic carbocycles. The van der Waals surface area contributed by atoms with E-state index in [-0.39, 0.29) is 0 Å². The van der Waals surface area contributed by atoms with Crippen LogP contribution in [-0.4, -0.2) is 37.6 Å². The SMILES string of the molecule is NCCN(CCN)CC1Cc2ccccc21. The van der Waals surface area contributed by atoms with E-state index in [0.29, 0.717) is 19.0 Å². The second-order valence-electron chi connectivity index (χ2n) is 4.48. The van der Waals surface area contributed by atoms with Gasteiger partial charge < -0.3 is 16.4 Å². The molecule has 1 atom stereocenters. The smallest absolute Gasteiger partial charge is 0.0105 e. The Hall–Kier alpha value is -0.900. The quantitative estimate of drug-likeness (QED) is 0.734. The van der Waals surface area contributed by atoms with Gasteiger partial charge in [-0.15, -0.1) is 0 Å². The average Bonchev–Trinajstić information content (AvgIpc) is 2.26. The van der Waals surface area contributed by atoms with Gasteiger partial charge in [-0.2, -0.15) is 0 Å². The highest BCUT2D eigenvalue weighted by molar-refractivity contribution is 5.40. The topological polar surface area (TPSA) is 55.3 Å². The van der Waals surface area contributed by atoms with Crippen LogP contribution in [0.4, 0.5) is 0 Å². The Balaban J connectivity index is 1.91. The van der Waals surface area contributed by atoms with Gasteiger partial charge in [0.1, 0.15) is 0 Å². The maximum atomic E-state index is 5.61. The Morgan fingerprint density at radius 1 is 1.12 bits per heavy atom. The molecule has 1 aliphatic rings. The molecule has 3 heteroatoms. The lowest BCUT2D eigenvalue weighted by Gasteiger charge is -2.34. The number of nitrogens with zero attached hydrogens (tertiary/aromatic N) is 1. The summed E-state index contributed by atoms with van der Waals surface area (Å²) in [5.74, 6) is 0.689. The number of hydrogen-bond acceptors (Lipinski definition) is 3. The molecule has 0 spiro atoms. The van der Waals surface area contributed by atoms with Gasteiger partial charge in [-0.25, -0.2) is 0 Å². The summed E-state index contributed by atoms with van der Waals surface area (Å²) in [6.45, 7) is 4.44. The largest absolute Gasteiger partial charge is 0.329 e. The van der Waals surface area contributed by atoms with Gasteiger partial charge in [0.05, 0.1) is 0 Å². The summed E-state index contributed by atoms with van der Waals surface area (Å²) in [5, 5.41) is 0. The minimum absolute atomic E-state index is 0.689. The monoisotopic (exact) mass is 219 g/mol. The Labute approximate surface area is 97.4 Å². The van der Waals surface area contributed by atoms with Gasteiger partial charge in [-0.3, -0.25) is 0 Å². The number of hydrogen-bond donors (Lipinski definition) is 2. The Kier molecular flexibility index (Phi) is 3.93. The van der Waals surface area contributed by atoms with Crippen molar-refractivity contribution >= 4 is 0 Å². The molecule has 0 fully saturated rings. The van der Waals surface area contributed by atoms with Crippen LogP contribution in [-0.2, 0) is 6.42 Å². The van der Waals surface area contributed by atoms with Gasteiger partial charge in [0.15, 0.2) is 0 Å². The molecule has 1 aromatic carbocycles. The van der Waals surface area contributed by atoms with E-state index in [0.717, 1.165) is 19.6 Å². The fraction of sp³-hybridized carbons (Fsp3) is 0.538. The van der Waals surface area contributed by atoms with Crippen LogP contribution < -0.4 is 11.5 Å². The number of rotatable bonds is 6. The molecule has 0 amide bonds. The minimum Gasteiger partial charge on any atom is -0.329 e. The molecule has 0 aliphatic heterocycles. The number of fused-ring (bicyclic) bond motifs is 1. The summed E-state index contributed by atoms with van der Waals surface area (Å²) in [6.07, 6.45) is 1.21. The first-order valence-electron chi connectivity index (χ1n) is 6.05. The third-order valence-corrected chi connectivity index (χ3v) is 3.33. The molecule has 1 unspecified atom stereocenters. The molecule has 0 heterocycles. The van der Waals surface area contributed by atoms with E-state index in [4.69, 9.17) is 11.5 Å². The molecule has 0 saturated carbocycles. The van der Waals surface area contributed by atoms with Crippen molar-refractivity contribution in [2.24, 2.45) is 11.5 Å². The van der Waals surface area contributed by atoms with Gasteiger partial charge in [0.2, 0.25) is 0 Å². The summed E-state index contributed by atoms with van der Waals surface area (Å²) in [4.78, 5) is 2.38. The predicted molar refractivity (Wildman–Crippen MR) is 67.4 cm³/mol. The maximum Gasteiger partial charge on any atom is 0.0105 e. The fourth-order valence-electron chi connectivity index (χ4n) is 2.50. The predicted octanol–water partition coefficient (Wildman–Crippen LogP) is 0.546. The molecule has 0 saturated heterocycles. The molecule has 16 heavy (non-hydrogen) atoms. The molecular weight excluding hydrogens is 198 g/mol. The number of nitrogens with two attached hydrogens (primary N) is 2. The van der Waals surface area contributed by atoms with E-state index in [1.807, 2.05) is 0 Å². The zero-order chi connectivity index (χ0) is 11.4. The van der Waals surface area contributed by atoms with Crippen LogP contribution in [0.25, 0.3) is 0 Å². The highest BCUT2D eigenvalue weighted by Gasteiger charge is 2.26. The molecule has 88 valence electrons. The molecule has 3 nitrogen and oxygen atoms in total. The normalized spacial score (nSPS) is 18.3. The zero-order valence-electron chi connectivity index (χ0n) is 9.73.